The Hall–Kier alpha value is -0.950. The molecule has 1 amide bonds. The number of ether oxygens (including phenoxy) is 1. The first-order valence-electron chi connectivity index (χ1n) is 8.50. The molecule has 3 N–H and O–H groups in total. The molecule has 2 rings (SSSR count). The van der Waals surface area contributed by atoms with Gasteiger partial charge in [0.2, 0.25) is 5.91 Å². The third-order valence-electron chi connectivity index (χ3n) is 5.04. The average molecular weight is 340 g/mol. The number of hydrogen-bond acceptors (Lipinski definition) is 5. The summed E-state index contributed by atoms with van der Waals surface area (Å²) in [7, 11) is 0. The molecule has 1 unspecified atom stereocenters. The molecule has 0 saturated carbocycles. The lowest BCUT2D eigenvalue weighted by atomic mass is 9.81. The summed E-state index contributed by atoms with van der Waals surface area (Å²) in [6.45, 7) is 8.42. The van der Waals surface area contributed by atoms with Crippen LogP contribution in [0.2, 0.25) is 0 Å². The van der Waals surface area contributed by atoms with Crippen LogP contribution < -0.4 is 11.1 Å². The van der Waals surface area contributed by atoms with Crippen LogP contribution in [0.5, 0.6) is 0 Å². The van der Waals surface area contributed by atoms with Crippen LogP contribution in [0.4, 0.5) is 0 Å². The molecule has 23 heavy (non-hydrogen) atoms. The van der Waals surface area contributed by atoms with E-state index in [4.69, 9.17) is 10.5 Å². The summed E-state index contributed by atoms with van der Waals surface area (Å²) in [5.74, 6) is 0.0832. The number of hydrogen-bond donors (Lipinski definition) is 2. The van der Waals surface area contributed by atoms with E-state index in [0.717, 1.165) is 39.1 Å². The van der Waals surface area contributed by atoms with E-state index >= 15 is 0 Å². The van der Waals surface area contributed by atoms with Gasteiger partial charge in [0, 0.05) is 31.1 Å². The normalized spacial score (nSPS) is 17.9. The Bertz CT molecular complexity index is 460. The SMILES string of the molecule is CCC(CC)(CN)C(=O)NCC(c1cccs1)N1CCOCC1. The predicted molar refractivity (Wildman–Crippen MR) is 94.5 cm³/mol. The smallest absolute Gasteiger partial charge is 0.227 e. The number of amides is 1. The highest BCUT2D eigenvalue weighted by atomic mass is 32.1. The Morgan fingerprint density at radius 3 is 2.65 bits per heavy atom. The van der Waals surface area contributed by atoms with Crippen LogP contribution in [-0.2, 0) is 9.53 Å². The van der Waals surface area contributed by atoms with Gasteiger partial charge in [0.15, 0.2) is 0 Å². The third-order valence-corrected chi connectivity index (χ3v) is 6.01. The Kier molecular flexibility index (Phi) is 7.02. The molecule has 1 fully saturated rings. The van der Waals surface area contributed by atoms with Gasteiger partial charge in [-0.1, -0.05) is 19.9 Å². The maximum atomic E-state index is 12.7. The van der Waals surface area contributed by atoms with Crippen LogP contribution in [0, 0.1) is 5.41 Å². The molecule has 5 nitrogen and oxygen atoms in total. The molecule has 6 heteroatoms. The van der Waals surface area contributed by atoms with Gasteiger partial charge in [0.25, 0.3) is 0 Å². The summed E-state index contributed by atoms with van der Waals surface area (Å²) >= 11 is 1.74. The van der Waals surface area contributed by atoms with E-state index in [1.807, 2.05) is 13.8 Å². The molecule has 0 spiro atoms. The van der Waals surface area contributed by atoms with E-state index in [1.54, 1.807) is 11.3 Å². The first-order chi connectivity index (χ1) is 11.2. The summed E-state index contributed by atoms with van der Waals surface area (Å²) in [6, 6.07) is 4.43. The summed E-state index contributed by atoms with van der Waals surface area (Å²) in [5.41, 5.74) is 5.45. The quantitative estimate of drug-likeness (QED) is 0.760. The number of nitrogens with one attached hydrogen (secondary N) is 1. The summed E-state index contributed by atoms with van der Waals surface area (Å²) < 4.78 is 5.46. The van der Waals surface area contributed by atoms with Gasteiger partial charge >= 0.3 is 0 Å². The highest BCUT2D eigenvalue weighted by molar-refractivity contribution is 7.10. The molecule has 1 aromatic rings. The van der Waals surface area contributed by atoms with E-state index in [9.17, 15) is 4.79 Å². The molecule has 0 aliphatic carbocycles. The molecular weight excluding hydrogens is 310 g/mol. The van der Waals surface area contributed by atoms with E-state index in [-0.39, 0.29) is 11.9 Å². The lowest BCUT2D eigenvalue weighted by Crippen LogP contribution is -2.49. The van der Waals surface area contributed by atoms with Crippen molar-refractivity contribution in [2.24, 2.45) is 11.1 Å². The topological polar surface area (TPSA) is 67.6 Å². The highest BCUT2D eigenvalue weighted by Crippen LogP contribution is 2.28. The molecular formula is C17H29N3O2S. The van der Waals surface area contributed by atoms with Crippen molar-refractivity contribution in [3.05, 3.63) is 22.4 Å². The van der Waals surface area contributed by atoms with Crippen LogP contribution >= 0.6 is 11.3 Å². The van der Waals surface area contributed by atoms with Crippen molar-refractivity contribution in [1.82, 2.24) is 10.2 Å². The van der Waals surface area contributed by atoms with Crippen molar-refractivity contribution in [3.8, 4) is 0 Å². The Labute approximate surface area is 143 Å². The number of morpholine rings is 1. The molecule has 0 radical (unpaired) electrons. The van der Waals surface area contributed by atoms with E-state index in [1.165, 1.54) is 4.88 Å². The number of carbonyl (C=O) groups is 1. The highest BCUT2D eigenvalue weighted by Gasteiger charge is 2.34. The first kappa shape index (κ1) is 18.4. The van der Waals surface area contributed by atoms with Gasteiger partial charge in [-0.05, 0) is 24.3 Å². The zero-order chi connectivity index (χ0) is 16.7. The molecule has 1 atom stereocenters. The zero-order valence-corrected chi connectivity index (χ0v) is 15.0. The van der Waals surface area contributed by atoms with Crippen molar-refractivity contribution in [1.29, 1.82) is 0 Å². The van der Waals surface area contributed by atoms with E-state index < -0.39 is 5.41 Å². The number of nitrogens with zero attached hydrogens (tertiary/aromatic N) is 1. The van der Waals surface area contributed by atoms with Crippen LogP contribution in [0.3, 0.4) is 0 Å². The maximum absolute atomic E-state index is 12.7. The van der Waals surface area contributed by atoms with Crippen molar-refractivity contribution < 1.29 is 9.53 Å². The fourth-order valence-electron chi connectivity index (χ4n) is 3.11. The molecule has 130 valence electrons. The van der Waals surface area contributed by atoms with E-state index in [2.05, 4.69) is 27.7 Å². The molecule has 0 bridgehead atoms. The van der Waals surface area contributed by atoms with Crippen LogP contribution in [0.1, 0.15) is 37.6 Å². The predicted octanol–water partition coefficient (Wildman–Crippen LogP) is 2.00. The first-order valence-corrected chi connectivity index (χ1v) is 9.38. The third kappa shape index (κ3) is 4.32. The summed E-state index contributed by atoms with van der Waals surface area (Å²) in [6.07, 6.45) is 1.54. The van der Waals surface area contributed by atoms with Crippen LogP contribution in [0.25, 0.3) is 0 Å². The van der Waals surface area contributed by atoms with Crippen molar-refractivity contribution in [2.45, 2.75) is 32.7 Å². The lowest BCUT2D eigenvalue weighted by molar-refractivity contribution is -0.131. The van der Waals surface area contributed by atoms with Crippen molar-refractivity contribution >= 4 is 17.2 Å². The summed E-state index contributed by atoms with van der Waals surface area (Å²) in [4.78, 5) is 16.4. The van der Waals surface area contributed by atoms with Gasteiger partial charge < -0.3 is 15.8 Å². The van der Waals surface area contributed by atoms with Crippen LogP contribution in [0.15, 0.2) is 17.5 Å². The zero-order valence-electron chi connectivity index (χ0n) is 14.2. The van der Waals surface area contributed by atoms with Gasteiger partial charge in [0.1, 0.15) is 0 Å². The van der Waals surface area contributed by atoms with Gasteiger partial charge in [0.05, 0.1) is 24.7 Å². The molecule has 1 aliphatic rings. The van der Waals surface area contributed by atoms with Gasteiger partial charge in [-0.25, -0.2) is 0 Å². The minimum absolute atomic E-state index is 0.0832. The Morgan fingerprint density at radius 2 is 2.13 bits per heavy atom. The number of carbonyl (C=O) groups excluding carboxylic acids is 1. The second-order valence-corrected chi connectivity index (χ2v) is 7.06. The van der Waals surface area contributed by atoms with Crippen molar-refractivity contribution in [2.75, 3.05) is 39.4 Å². The monoisotopic (exact) mass is 339 g/mol. The van der Waals surface area contributed by atoms with Gasteiger partial charge in [-0.3, -0.25) is 9.69 Å². The minimum Gasteiger partial charge on any atom is -0.379 e. The molecule has 1 aromatic heterocycles. The number of nitrogens with two attached hydrogens (primary N) is 1. The molecule has 2 heterocycles. The minimum atomic E-state index is -0.439. The second-order valence-electron chi connectivity index (χ2n) is 6.08. The van der Waals surface area contributed by atoms with Gasteiger partial charge in [-0.15, -0.1) is 11.3 Å². The summed E-state index contributed by atoms with van der Waals surface area (Å²) in [5, 5.41) is 5.26. The molecule has 1 aliphatic heterocycles. The maximum Gasteiger partial charge on any atom is 0.227 e. The number of rotatable bonds is 8. The standard InChI is InChI=1S/C17H29N3O2S/c1-3-17(4-2,13-18)16(21)19-12-14(15-6-5-11-23-15)20-7-9-22-10-8-20/h5-6,11,14H,3-4,7-10,12-13,18H2,1-2H3,(H,19,21). The van der Waals surface area contributed by atoms with Crippen molar-refractivity contribution in [3.63, 3.8) is 0 Å². The van der Waals surface area contributed by atoms with E-state index in [0.29, 0.717) is 13.1 Å². The Morgan fingerprint density at radius 1 is 1.43 bits per heavy atom. The molecule has 1 saturated heterocycles. The van der Waals surface area contributed by atoms with Gasteiger partial charge in [-0.2, -0.15) is 0 Å². The lowest BCUT2D eigenvalue weighted by Gasteiger charge is -2.35. The fraction of sp³-hybridized carbons (Fsp3) is 0.706. The fourth-order valence-corrected chi connectivity index (χ4v) is 3.97. The Balaban J connectivity index is 2.05. The largest absolute Gasteiger partial charge is 0.379 e. The second kappa shape index (κ2) is 8.78. The average Bonchev–Trinajstić information content (AvgIpc) is 3.12. The number of thiophene rings is 1. The van der Waals surface area contributed by atoms with Crippen LogP contribution in [-0.4, -0.2) is 50.2 Å². The molecule has 0 aromatic carbocycles.